The summed E-state index contributed by atoms with van der Waals surface area (Å²) in [6, 6.07) is 14.2. The van der Waals surface area contributed by atoms with Crippen molar-refractivity contribution in [2.75, 3.05) is 13.1 Å². The molecule has 1 aliphatic heterocycles. The maximum Gasteiger partial charge on any atom is 0.252 e. The molecule has 1 aliphatic rings. The number of carbonyl (C=O) groups excluding carboxylic acids is 1. The van der Waals surface area contributed by atoms with Gasteiger partial charge in [-0.15, -0.1) is 12.4 Å². The van der Waals surface area contributed by atoms with Crippen LogP contribution in [-0.4, -0.2) is 34.4 Å². The van der Waals surface area contributed by atoms with E-state index in [2.05, 4.69) is 10.2 Å². The number of likely N-dealkylation sites (tertiary alicyclic amines) is 1. The first kappa shape index (κ1) is 22.9. The molecule has 1 fully saturated rings. The van der Waals surface area contributed by atoms with Gasteiger partial charge in [0.2, 0.25) is 0 Å². The van der Waals surface area contributed by atoms with Gasteiger partial charge in [0, 0.05) is 34.7 Å². The number of nitrogens with one attached hydrogen (secondary N) is 1. The minimum atomic E-state index is -0.594. The number of hydrogen-bond acceptors (Lipinski definition) is 3. The molecule has 1 amide bonds. The van der Waals surface area contributed by atoms with Gasteiger partial charge in [-0.2, -0.15) is 0 Å². The summed E-state index contributed by atoms with van der Waals surface area (Å²) in [7, 11) is 0. The predicted molar refractivity (Wildman–Crippen MR) is 122 cm³/mol. The third kappa shape index (κ3) is 5.16. The summed E-state index contributed by atoms with van der Waals surface area (Å²) in [6.45, 7) is 3.25. The lowest BCUT2D eigenvalue weighted by Gasteiger charge is -2.29. The van der Waals surface area contributed by atoms with Crippen LogP contribution in [0.5, 0.6) is 0 Å². The molecule has 0 bridgehead atoms. The monoisotopic (exact) mass is 457 g/mol. The third-order valence-corrected chi connectivity index (χ3v) is 5.99. The van der Waals surface area contributed by atoms with E-state index >= 15 is 0 Å². The van der Waals surface area contributed by atoms with Gasteiger partial charge < -0.3 is 16.0 Å². The number of thiocarbonyl (C=S) groups is 1. The summed E-state index contributed by atoms with van der Waals surface area (Å²) in [6.07, 6.45) is 0.723. The fraction of sp³-hybridized carbons (Fsp3) is 0.300. The largest absolute Gasteiger partial charge is 0.362 e. The SMILES string of the molecule is CC1(NC(=O)c2cccc(Cl)c2)CCN(CC(N)c2cccc(Cl)c2)C1=S.Cl. The van der Waals surface area contributed by atoms with Crippen LogP contribution >= 0.6 is 47.8 Å². The van der Waals surface area contributed by atoms with Crippen molar-refractivity contribution in [3.05, 3.63) is 69.7 Å². The first-order valence-electron chi connectivity index (χ1n) is 8.67. The van der Waals surface area contributed by atoms with Crippen LogP contribution in [0.25, 0.3) is 0 Å². The molecule has 8 heteroatoms. The van der Waals surface area contributed by atoms with E-state index in [1.807, 2.05) is 31.2 Å². The van der Waals surface area contributed by atoms with Crippen molar-refractivity contribution in [3.8, 4) is 0 Å². The summed E-state index contributed by atoms with van der Waals surface area (Å²) >= 11 is 17.7. The molecule has 2 atom stereocenters. The highest BCUT2D eigenvalue weighted by atomic mass is 35.5. The number of halogens is 3. The van der Waals surface area contributed by atoms with E-state index in [9.17, 15) is 4.79 Å². The van der Waals surface area contributed by atoms with Gasteiger partial charge in [-0.1, -0.05) is 53.6 Å². The van der Waals surface area contributed by atoms with Crippen LogP contribution in [0.1, 0.15) is 35.3 Å². The lowest BCUT2D eigenvalue weighted by Crippen LogP contribution is -2.51. The van der Waals surface area contributed by atoms with Gasteiger partial charge in [-0.05, 0) is 49.2 Å². The quantitative estimate of drug-likeness (QED) is 0.641. The maximum absolute atomic E-state index is 12.6. The molecule has 0 saturated carbocycles. The lowest BCUT2D eigenvalue weighted by atomic mass is 10.0. The van der Waals surface area contributed by atoms with Gasteiger partial charge in [-0.25, -0.2) is 0 Å². The smallest absolute Gasteiger partial charge is 0.252 e. The lowest BCUT2D eigenvalue weighted by molar-refractivity contribution is 0.0928. The molecule has 3 rings (SSSR count). The zero-order chi connectivity index (χ0) is 19.6. The second kappa shape index (κ2) is 9.42. The second-order valence-corrected chi connectivity index (χ2v) is 8.22. The van der Waals surface area contributed by atoms with Crippen molar-refractivity contribution in [3.63, 3.8) is 0 Å². The Balaban J connectivity index is 0.00000280. The fourth-order valence-electron chi connectivity index (χ4n) is 3.24. The highest BCUT2D eigenvalue weighted by Gasteiger charge is 2.40. The molecule has 28 heavy (non-hydrogen) atoms. The summed E-state index contributed by atoms with van der Waals surface area (Å²) in [5, 5.41) is 4.24. The van der Waals surface area contributed by atoms with Crippen molar-refractivity contribution in [2.45, 2.75) is 24.9 Å². The molecule has 1 heterocycles. The topological polar surface area (TPSA) is 58.4 Å². The molecule has 0 radical (unpaired) electrons. The Hall–Kier alpha value is -1.37. The molecule has 1 saturated heterocycles. The first-order valence-corrected chi connectivity index (χ1v) is 9.83. The minimum Gasteiger partial charge on any atom is -0.362 e. The van der Waals surface area contributed by atoms with E-state index in [1.165, 1.54) is 0 Å². The minimum absolute atomic E-state index is 0. The van der Waals surface area contributed by atoms with Crippen LogP contribution in [0.15, 0.2) is 48.5 Å². The molecule has 3 N–H and O–H groups in total. The Kier molecular flexibility index (Phi) is 7.71. The molecule has 0 aromatic heterocycles. The molecule has 150 valence electrons. The number of benzene rings is 2. The number of amides is 1. The second-order valence-electron chi connectivity index (χ2n) is 6.96. The van der Waals surface area contributed by atoms with Gasteiger partial charge in [0.05, 0.1) is 5.54 Å². The normalized spacial score (nSPS) is 19.9. The Morgan fingerprint density at radius 2 is 1.89 bits per heavy atom. The number of hydrogen-bond donors (Lipinski definition) is 2. The van der Waals surface area contributed by atoms with E-state index in [-0.39, 0.29) is 24.4 Å². The number of nitrogens with two attached hydrogens (primary N) is 1. The van der Waals surface area contributed by atoms with Gasteiger partial charge in [0.15, 0.2) is 0 Å². The van der Waals surface area contributed by atoms with Crippen LogP contribution in [0.3, 0.4) is 0 Å². The number of carbonyl (C=O) groups is 1. The van der Waals surface area contributed by atoms with E-state index in [0.29, 0.717) is 27.1 Å². The zero-order valence-corrected chi connectivity index (χ0v) is 18.5. The van der Waals surface area contributed by atoms with Gasteiger partial charge >= 0.3 is 0 Å². The van der Waals surface area contributed by atoms with Crippen molar-refractivity contribution in [1.82, 2.24) is 10.2 Å². The first-order chi connectivity index (χ1) is 12.8. The molecule has 2 aromatic rings. The van der Waals surface area contributed by atoms with E-state index < -0.39 is 5.54 Å². The maximum atomic E-state index is 12.6. The van der Waals surface area contributed by atoms with Crippen molar-refractivity contribution < 1.29 is 4.79 Å². The van der Waals surface area contributed by atoms with Crippen LogP contribution in [0, 0.1) is 0 Å². The Labute approximate surface area is 186 Å². The highest BCUT2D eigenvalue weighted by Crippen LogP contribution is 2.27. The van der Waals surface area contributed by atoms with Crippen LogP contribution in [-0.2, 0) is 0 Å². The van der Waals surface area contributed by atoms with E-state index in [1.54, 1.807) is 24.3 Å². The Morgan fingerprint density at radius 1 is 1.25 bits per heavy atom. The van der Waals surface area contributed by atoms with Crippen LogP contribution < -0.4 is 11.1 Å². The summed E-state index contributed by atoms with van der Waals surface area (Å²) < 4.78 is 0. The Morgan fingerprint density at radius 3 is 2.54 bits per heavy atom. The average Bonchev–Trinajstić information content (AvgIpc) is 2.90. The predicted octanol–water partition coefficient (Wildman–Crippen LogP) is 4.64. The van der Waals surface area contributed by atoms with Gasteiger partial charge in [-0.3, -0.25) is 4.79 Å². The zero-order valence-electron chi connectivity index (χ0n) is 15.3. The van der Waals surface area contributed by atoms with Gasteiger partial charge in [0.1, 0.15) is 4.99 Å². The molecule has 0 spiro atoms. The fourth-order valence-corrected chi connectivity index (χ4v) is 3.95. The van der Waals surface area contributed by atoms with E-state index in [0.717, 1.165) is 18.5 Å². The Bertz CT molecular complexity index is 879. The van der Waals surface area contributed by atoms with Crippen molar-refractivity contribution >= 4 is 58.7 Å². The molecule has 4 nitrogen and oxygen atoms in total. The number of nitrogens with zero attached hydrogens (tertiary/aromatic N) is 1. The highest BCUT2D eigenvalue weighted by molar-refractivity contribution is 7.80. The number of rotatable bonds is 5. The third-order valence-electron chi connectivity index (χ3n) is 4.81. The van der Waals surface area contributed by atoms with Crippen LogP contribution in [0.4, 0.5) is 0 Å². The molecule has 2 unspecified atom stereocenters. The molecule has 2 aromatic carbocycles. The summed E-state index contributed by atoms with van der Waals surface area (Å²) in [4.78, 5) is 15.3. The van der Waals surface area contributed by atoms with Crippen LogP contribution in [0.2, 0.25) is 10.0 Å². The van der Waals surface area contributed by atoms with Crippen molar-refractivity contribution in [2.24, 2.45) is 5.73 Å². The molecular formula is C20H22Cl3N3OS. The van der Waals surface area contributed by atoms with Gasteiger partial charge in [0.25, 0.3) is 5.91 Å². The molecular weight excluding hydrogens is 437 g/mol. The van der Waals surface area contributed by atoms with E-state index in [4.69, 9.17) is 41.2 Å². The standard InChI is InChI=1S/C20H21Cl2N3OS.ClH/c1-20(24-18(26)14-5-3-7-16(22)11-14)8-9-25(19(20)27)12-17(23)13-4-2-6-15(21)10-13;/h2-7,10-11,17H,8-9,12,23H2,1H3,(H,24,26);1H. The molecule has 0 aliphatic carbocycles. The average molecular weight is 459 g/mol. The summed E-state index contributed by atoms with van der Waals surface area (Å²) in [5.41, 5.74) is 7.22. The summed E-state index contributed by atoms with van der Waals surface area (Å²) in [5.74, 6) is -0.191. The van der Waals surface area contributed by atoms with Crippen molar-refractivity contribution in [1.29, 1.82) is 0 Å².